The van der Waals surface area contributed by atoms with Crippen molar-refractivity contribution < 1.29 is 19.1 Å². The molecule has 86 valence electrons. The number of aldehydes is 2. The van der Waals surface area contributed by atoms with Crippen molar-refractivity contribution in [1.82, 2.24) is 0 Å². The zero-order valence-electron chi connectivity index (χ0n) is 9.01. The van der Waals surface area contributed by atoms with E-state index in [4.69, 9.17) is 4.74 Å². The van der Waals surface area contributed by atoms with Crippen LogP contribution in [0, 0.1) is 0 Å². The number of allylic oxidation sites excluding steroid dienone is 2. The molecule has 0 saturated heterocycles. The highest BCUT2D eigenvalue weighted by molar-refractivity contribution is 6.21. The maximum atomic E-state index is 10.9. The highest BCUT2D eigenvalue weighted by Gasteiger charge is 2.17. The van der Waals surface area contributed by atoms with Crippen molar-refractivity contribution in [2.24, 2.45) is 0 Å². The molecule has 2 rings (SSSR count). The minimum absolute atomic E-state index is 0.124. The van der Waals surface area contributed by atoms with E-state index in [1.165, 1.54) is 0 Å². The fraction of sp³-hybridized carbons (Fsp3) is 0.154. The number of carbonyl (C=O) groups excluding carboxylic acids is 3. The number of ether oxygens (including phenoxy) is 1. The molecule has 1 aliphatic carbocycles. The first-order valence-corrected chi connectivity index (χ1v) is 5.21. The summed E-state index contributed by atoms with van der Waals surface area (Å²) in [6.07, 6.45) is 4.16. The Balaban J connectivity index is 2.43. The van der Waals surface area contributed by atoms with E-state index < -0.39 is 5.97 Å². The van der Waals surface area contributed by atoms with Crippen LogP contribution >= 0.6 is 0 Å². The van der Waals surface area contributed by atoms with Gasteiger partial charge in [-0.15, -0.1) is 0 Å². The number of hydrogen-bond donors (Lipinski definition) is 0. The largest absolute Gasteiger partial charge is 0.421 e. The first-order valence-electron chi connectivity index (χ1n) is 5.21. The molecule has 1 aromatic rings. The van der Waals surface area contributed by atoms with Crippen LogP contribution in [0.25, 0.3) is 5.57 Å². The summed E-state index contributed by atoms with van der Waals surface area (Å²) in [5, 5.41) is 0. The Morgan fingerprint density at radius 1 is 1.29 bits per heavy atom. The smallest absolute Gasteiger partial charge is 0.376 e. The molecule has 0 unspecified atom stereocenters. The van der Waals surface area contributed by atoms with Gasteiger partial charge in [-0.05, 0) is 24.5 Å². The molecule has 0 spiro atoms. The minimum atomic E-state index is -0.930. The van der Waals surface area contributed by atoms with Gasteiger partial charge in [-0.3, -0.25) is 9.59 Å². The Kier molecular flexibility index (Phi) is 3.14. The Morgan fingerprint density at radius 3 is 2.82 bits per heavy atom. The molecule has 0 heterocycles. The number of esters is 1. The Bertz CT molecular complexity index is 514. The highest BCUT2D eigenvalue weighted by Crippen LogP contribution is 2.32. The van der Waals surface area contributed by atoms with E-state index >= 15 is 0 Å². The van der Waals surface area contributed by atoms with Crippen LogP contribution in [0.2, 0.25) is 0 Å². The summed E-state index contributed by atoms with van der Waals surface area (Å²) in [4.78, 5) is 32.1. The van der Waals surface area contributed by atoms with Crippen LogP contribution in [0.15, 0.2) is 24.3 Å². The second-order valence-corrected chi connectivity index (χ2v) is 3.64. The Morgan fingerprint density at radius 2 is 2.12 bits per heavy atom. The number of benzene rings is 1. The topological polar surface area (TPSA) is 60.4 Å². The first kappa shape index (κ1) is 11.3. The van der Waals surface area contributed by atoms with E-state index in [1.807, 2.05) is 6.08 Å². The lowest BCUT2D eigenvalue weighted by Gasteiger charge is -2.16. The van der Waals surface area contributed by atoms with Crippen LogP contribution < -0.4 is 4.74 Å². The molecule has 4 heteroatoms. The molecule has 0 aliphatic heterocycles. The van der Waals surface area contributed by atoms with Gasteiger partial charge in [0.15, 0.2) is 0 Å². The number of hydrogen-bond acceptors (Lipinski definition) is 4. The van der Waals surface area contributed by atoms with Gasteiger partial charge in [0.2, 0.25) is 6.29 Å². The SMILES string of the molecule is O=CC(=O)Oc1cccc2c1CCC=C2C=O. The number of carbonyl (C=O) groups is 3. The fourth-order valence-electron chi connectivity index (χ4n) is 1.92. The van der Waals surface area contributed by atoms with Crippen LogP contribution in [0.1, 0.15) is 17.5 Å². The minimum Gasteiger partial charge on any atom is -0.421 e. The number of rotatable bonds is 3. The van der Waals surface area contributed by atoms with Crippen molar-refractivity contribution >= 4 is 24.1 Å². The average molecular weight is 230 g/mol. The third kappa shape index (κ3) is 2.15. The molecule has 0 bridgehead atoms. The van der Waals surface area contributed by atoms with Crippen molar-refractivity contribution in [1.29, 1.82) is 0 Å². The molecule has 1 aromatic carbocycles. The second-order valence-electron chi connectivity index (χ2n) is 3.64. The molecule has 0 saturated carbocycles. The van der Waals surface area contributed by atoms with E-state index in [2.05, 4.69) is 0 Å². The lowest BCUT2D eigenvalue weighted by Crippen LogP contribution is -2.12. The quantitative estimate of drug-likeness (QED) is 0.340. The molecule has 0 radical (unpaired) electrons. The molecule has 1 aliphatic rings. The third-order valence-corrected chi connectivity index (χ3v) is 2.64. The molecular weight excluding hydrogens is 220 g/mol. The van der Waals surface area contributed by atoms with E-state index in [9.17, 15) is 14.4 Å². The van der Waals surface area contributed by atoms with Crippen LogP contribution in [-0.2, 0) is 20.8 Å². The van der Waals surface area contributed by atoms with E-state index in [0.717, 1.165) is 23.8 Å². The molecule has 0 atom stereocenters. The summed E-state index contributed by atoms with van der Waals surface area (Å²) in [5.74, 6) is -0.576. The lowest BCUT2D eigenvalue weighted by atomic mass is 9.91. The third-order valence-electron chi connectivity index (χ3n) is 2.64. The average Bonchev–Trinajstić information content (AvgIpc) is 2.38. The van der Waals surface area contributed by atoms with Crippen molar-refractivity contribution in [3.63, 3.8) is 0 Å². The first-order chi connectivity index (χ1) is 8.26. The molecule has 0 amide bonds. The van der Waals surface area contributed by atoms with Crippen molar-refractivity contribution in [2.45, 2.75) is 12.8 Å². The maximum absolute atomic E-state index is 10.9. The van der Waals surface area contributed by atoms with E-state index in [0.29, 0.717) is 17.7 Å². The van der Waals surface area contributed by atoms with Crippen LogP contribution in [-0.4, -0.2) is 18.5 Å². The number of fused-ring (bicyclic) bond motifs is 1. The van der Waals surface area contributed by atoms with Crippen LogP contribution in [0.4, 0.5) is 0 Å². The zero-order valence-corrected chi connectivity index (χ0v) is 9.01. The standard InChI is InChI=1S/C13H10O4/c14-7-9-3-1-5-11-10(9)4-2-6-12(11)17-13(16)8-15/h2-4,6-8H,1,5H2. The van der Waals surface area contributed by atoms with Gasteiger partial charge >= 0.3 is 5.97 Å². The Hall–Kier alpha value is -2.23. The van der Waals surface area contributed by atoms with Gasteiger partial charge in [0, 0.05) is 11.1 Å². The summed E-state index contributed by atoms with van der Waals surface area (Å²) in [6.45, 7) is 0. The maximum Gasteiger partial charge on any atom is 0.376 e. The predicted octanol–water partition coefficient (Wildman–Crippen LogP) is 1.32. The fourth-order valence-corrected chi connectivity index (χ4v) is 1.92. The molecule has 4 nitrogen and oxygen atoms in total. The molecule has 0 N–H and O–H groups in total. The van der Waals surface area contributed by atoms with Gasteiger partial charge in [0.1, 0.15) is 12.0 Å². The summed E-state index contributed by atoms with van der Waals surface area (Å²) in [7, 11) is 0. The lowest BCUT2D eigenvalue weighted by molar-refractivity contribution is -0.141. The monoisotopic (exact) mass is 230 g/mol. The van der Waals surface area contributed by atoms with Gasteiger partial charge in [-0.25, -0.2) is 4.79 Å². The molecular formula is C13H10O4. The molecule has 0 fully saturated rings. The van der Waals surface area contributed by atoms with Gasteiger partial charge in [0.05, 0.1) is 0 Å². The van der Waals surface area contributed by atoms with Gasteiger partial charge in [0.25, 0.3) is 0 Å². The van der Waals surface area contributed by atoms with E-state index in [-0.39, 0.29) is 6.29 Å². The summed E-state index contributed by atoms with van der Waals surface area (Å²) >= 11 is 0. The summed E-state index contributed by atoms with van der Waals surface area (Å²) < 4.78 is 4.90. The van der Waals surface area contributed by atoms with Crippen LogP contribution in [0.5, 0.6) is 5.75 Å². The normalized spacial score (nSPS) is 13.3. The highest BCUT2D eigenvalue weighted by atomic mass is 16.5. The van der Waals surface area contributed by atoms with Gasteiger partial charge < -0.3 is 4.74 Å². The van der Waals surface area contributed by atoms with Crippen molar-refractivity contribution in [3.8, 4) is 5.75 Å². The van der Waals surface area contributed by atoms with Gasteiger partial charge in [-0.1, -0.05) is 18.2 Å². The molecule has 17 heavy (non-hydrogen) atoms. The van der Waals surface area contributed by atoms with Crippen LogP contribution in [0.3, 0.4) is 0 Å². The molecule has 0 aromatic heterocycles. The Labute approximate surface area is 97.9 Å². The van der Waals surface area contributed by atoms with Gasteiger partial charge in [-0.2, -0.15) is 0 Å². The predicted molar refractivity (Wildman–Crippen MR) is 60.5 cm³/mol. The summed E-state index contributed by atoms with van der Waals surface area (Å²) in [5.41, 5.74) is 2.16. The summed E-state index contributed by atoms with van der Waals surface area (Å²) in [6, 6.07) is 5.11. The van der Waals surface area contributed by atoms with E-state index in [1.54, 1.807) is 18.2 Å². The zero-order chi connectivity index (χ0) is 12.3. The second kappa shape index (κ2) is 4.74. The van der Waals surface area contributed by atoms with Crippen molar-refractivity contribution in [3.05, 3.63) is 35.4 Å². The van der Waals surface area contributed by atoms with Crippen molar-refractivity contribution in [2.75, 3.05) is 0 Å².